The number of ether oxygens (including phenoxy) is 1. The summed E-state index contributed by atoms with van der Waals surface area (Å²) in [6.07, 6.45) is 6.28. The molecule has 0 aliphatic heterocycles. The van der Waals surface area contributed by atoms with Gasteiger partial charge in [0, 0.05) is 29.1 Å². The Balaban J connectivity index is 0.00000306. The zero-order valence-corrected chi connectivity index (χ0v) is 20.0. The standard InChI is InChI=1S/C24H27N3O5S.2Na.2H/c1-24(2,3)20-15-19(27-13-12-21(28)25-23(27)29)14-17(22(20)32-4)9-6-16-7-10-18(11-8-16)26-33(5,30)31;;;;/h6-15,26H,1-5H3,(H,25,28,29);;;;/b9-6+;;;;. The molecule has 0 amide bonds. The van der Waals surface area contributed by atoms with Crippen LogP contribution in [-0.4, -0.2) is 90.4 Å². The average Bonchev–Trinajstić information content (AvgIpc) is 2.71. The van der Waals surface area contributed by atoms with Crippen molar-refractivity contribution in [2.75, 3.05) is 18.1 Å². The number of sulfonamides is 1. The molecule has 3 aromatic rings. The summed E-state index contributed by atoms with van der Waals surface area (Å²) in [7, 11) is -1.75. The van der Waals surface area contributed by atoms with Crippen LogP contribution in [-0.2, 0) is 15.4 Å². The molecule has 0 aliphatic rings. The van der Waals surface area contributed by atoms with Crippen LogP contribution in [0.25, 0.3) is 17.8 Å². The Bertz CT molecular complexity index is 1420. The van der Waals surface area contributed by atoms with Gasteiger partial charge in [-0.15, -0.1) is 0 Å². The first kappa shape index (κ1) is 31.4. The first-order valence-corrected chi connectivity index (χ1v) is 12.1. The van der Waals surface area contributed by atoms with E-state index in [1.54, 1.807) is 31.4 Å². The number of rotatable bonds is 6. The Labute approximate surface area is 249 Å². The third-order valence-electron chi connectivity index (χ3n) is 4.89. The fraction of sp³-hybridized carbons (Fsp3) is 0.250. The van der Waals surface area contributed by atoms with Gasteiger partial charge in [0.25, 0.3) is 5.56 Å². The van der Waals surface area contributed by atoms with Crippen LogP contribution >= 0.6 is 0 Å². The van der Waals surface area contributed by atoms with Crippen LogP contribution in [0.15, 0.2) is 58.3 Å². The first-order valence-electron chi connectivity index (χ1n) is 10.2. The number of anilines is 1. The van der Waals surface area contributed by atoms with E-state index in [4.69, 9.17) is 4.74 Å². The summed E-state index contributed by atoms with van der Waals surface area (Å²) in [4.78, 5) is 26.2. The van der Waals surface area contributed by atoms with E-state index in [1.807, 2.05) is 45.1 Å². The molecule has 178 valence electrons. The summed E-state index contributed by atoms with van der Waals surface area (Å²) in [5, 5.41) is 0. The molecule has 1 heterocycles. The predicted octanol–water partition coefficient (Wildman–Crippen LogP) is 2.08. The minimum absolute atomic E-state index is 0. The fourth-order valence-corrected chi connectivity index (χ4v) is 3.93. The van der Waals surface area contributed by atoms with Gasteiger partial charge < -0.3 is 4.74 Å². The Morgan fingerprint density at radius 3 is 2.14 bits per heavy atom. The number of hydrogen-bond acceptors (Lipinski definition) is 5. The second-order valence-electron chi connectivity index (χ2n) is 8.68. The van der Waals surface area contributed by atoms with Crippen molar-refractivity contribution in [3.8, 4) is 11.4 Å². The Morgan fingerprint density at radius 1 is 1.00 bits per heavy atom. The van der Waals surface area contributed by atoms with Gasteiger partial charge in [0.1, 0.15) is 5.75 Å². The maximum atomic E-state index is 12.4. The SMILES string of the molecule is COc1c(/C=C/c2ccc(NS(C)(=O)=O)cc2)cc(-n2ccc(=O)[nH]c2=O)cc1C(C)(C)C.[NaH].[NaH]. The molecular formula is C24H29N3Na2O5S. The van der Waals surface area contributed by atoms with Crippen molar-refractivity contribution in [2.45, 2.75) is 26.2 Å². The topological polar surface area (TPSA) is 110 Å². The molecular weight excluding hydrogens is 488 g/mol. The molecule has 1 aromatic heterocycles. The van der Waals surface area contributed by atoms with E-state index in [2.05, 4.69) is 9.71 Å². The number of H-pyrrole nitrogens is 1. The van der Waals surface area contributed by atoms with Crippen molar-refractivity contribution in [3.05, 3.63) is 86.2 Å². The Morgan fingerprint density at radius 2 is 1.63 bits per heavy atom. The van der Waals surface area contributed by atoms with E-state index in [0.717, 1.165) is 22.9 Å². The number of hydrogen-bond donors (Lipinski definition) is 2. The molecule has 0 atom stereocenters. The number of aromatic amines is 1. The zero-order valence-electron chi connectivity index (χ0n) is 19.2. The van der Waals surface area contributed by atoms with Crippen LogP contribution in [0.5, 0.6) is 5.75 Å². The van der Waals surface area contributed by atoms with Gasteiger partial charge in [-0.05, 0) is 35.2 Å². The second-order valence-corrected chi connectivity index (χ2v) is 10.4. The van der Waals surface area contributed by atoms with Gasteiger partial charge in [0.05, 0.1) is 19.1 Å². The fourth-order valence-electron chi connectivity index (χ4n) is 3.37. The van der Waals surface area contributed by atoms with Crippen LogP contribution in [0.3, 0.4) is 0 Å². The first-order chi connectivity index (χ1) is 15.4. The monoisotopic (exact) mass is 517 g/mol. The number of aromatic nitrogens is 2. The predicted molar refractivity (Wildman–Crippen MR) is 146 cm³/mol. The van der Waals surface area contributed by atoms with Crippen molar-refractivity contribution in [1.82, 2.24) is 9.55 Å². The van der Waals surface area contributed by atoms with E-state index in [9.17, 15) is 18.0 Å². The Kier molecular flexibility index (Phi) is 11.3. The molecule has 2 aromatic carbocycles. The van der Waals surface area contributed by atoms with Crippen LogP contribution in [0, 0.1) is 0 Å². The summed E-state index contributed by atoms with van der Waals surface area (Å²) < 4.78 is 32.3. The van der Waals surface area contributed by atoms with Crippen molar-refractivity contribution < 1.29 is 13.2 Å². The van der Waals surface area contributed by atoms with Gasteiger partial charge in [-0.2, -0.15) is 0 Å². The normalized spacial score (nSPS) is 11.5. The minimum atomic E-state index is -3.34. The second kappa shape index (κ2) is 12.6. The molecule has 0 saturated heterocycles. The number of methoxy groups -OCH3 is 1. The molecule has 0 saturated carbocycles. The van der Waals surface area contributed by atoms with E-state index in [-0.39, 0.29) is 64.5 Å². The zero-order chi connectivity index (χ0) is 24.4. The van der Waals surface area contributed by atoms with Crippen molar-refractivity contribution in [3.63, 3.8) is 0 Å². The van der Waals surface area contributed by atoms with E-state index < -0.39 is 21.3 Å². The molecule has 0 unspecified atom stereocenters. The molecule has 0 radical (unpaired) electrons. The van der Waals surface area contributed by atoms with Gasteiger partial charge in [-0.3, -0.25) is 19.1 Å². The number of nitrogens with one attached hydrogen (secondary N) is 2. The van der Waals surface area contributed by atoms with Crippen molar-refractivity contribution in [2.24, 2.45) is 0 Å². The molecule has 0 spiro atoms. The molecule has 0 bridgehead atoms. The molecule has 3 rings (SSSR count). The van der Waals surface area contributed by atoms with Crippen LogP contribution in [0.2, 0.25) is 0 Å². The molecule has 2 N–H and O–H groups in total. The van der Waals surface area contributed by atoms with Gasteiger partial charge >= 0.3 is 64.8 Å². The Hall–Kier alpha value is -1.59. The molecule has 8 nitrogen and oxygen atoms in total. The van der Waals surface area contributed by atoms with Gasteiger partial charge in [0.15, 0.2) is 0 Å². The van der Waals surface area contributed by atoms with E-state index in [1.165, 1.54) is 16.8 Å². The van der Waals surface area contributed by atoms with Crippen LogP contribution < -0.4 is 20.7 Å². The van der Waals surface area contributed by atoms with Gasteiger partial charge in [-0.1, -0.05) is 45.1 Å². The third-order valence-corrected chi connectivity index (χ3v) is 5.49. The van der Waals surface area contributed by atoms with Gasteiger partial charge in [-0.25, -0.2) is 13.2 Å². The molecule has 35 heavy (non-hydrogen) atoms. The van der Waals surface area contributed by atoms with Crippen LogP contribution in [0.4, 0.5) is 5.69 Å². The third kappa shape index (κ3) is 8.49. The molecule has 0 fully saturated rings. The summed E-state index contributed by atoms with van der Waals surface area (Å²) in [6.45, 7) is 6.14. The quantitative estimate of drug-likeness (QED) is 0.384. The summed E-state index contributed by atoms with van der Waals surface area (Å²) >= 11 is 0. The van der Waals surface area contributed by atoms with Crippen LogP contribution in [0.1, 0.15) is 37.5 Å². The van der Waals surface area contributed by atoms with E-state index >= 15 is 0 Å². The summed E-state index contributed by atoms with van der Waals surface area (Å²) in [5.41, 5.74) is 2.28. The summed E-state index contributed by atoms with van der Waals surface area (Å²) in [6, 6.07) is 11.9. The number of nitrogens with zero attached hydrogens (tertiary/aromatic N) is 1. The van der Waals surface area contributed by atoms with Gasteiger partial charge in [0.2, 0.25) is 10.0 Å². The maximum absolute atomic E-state index is 12.4. The average molecular weight is 518 g/mol. The van der Waals surface area contributed by atoms with Crippen molar-refractivity contribution in [1.29, 1.82) is 0 Å². The molecule has 0 aliphatic carbocycles. The number of benzene rings is 2. The summed E-state index contributed by atoms with van der Waals surface area (Å²) in [5.74, 6) is 0.676. The van der Waals surface area contributed by atoms with E-state index in [0.29, 0.717) is 17.1 Å². The molecule has 11 heteroatoms. The van der Waals surface area contributed by atoms with Crippen molar-refractivity contribution >= 4 is 87.0 Å².